The van der Waals surface area contributed by atoms with Gasteiger partial charge in [-0.05, 0) is 31.2 Å². The van der Waals surface area contributed by atoms with Crippen molar-refractivity contribution in [3.8, 4) is 0 Å². The molecule has 0 saturated heterocycles. The lowest BCUT2D eigenvalue weighted by atomic mass is 10.1. The minimum Gasteiger partial charge on any atom is -0.469 e. The van der Waals surface area contributed by atoms with Crippen LogP contribution in [0.15, 0.2) is 51.7 Å². The van der Waals surface area contributed by atoms with Crippen LogP contribution < -0.4 is 5.32 Å². The molecule has 1 aromatic carbocycles. The van der Waals surface area contributed by atoms with Gasteiger partial charge in [-0.25, -0.2) is 0 Å². The van der Waals surface area contributed by atoms with Crippen molar-refractivity contribution in [3.63, 3.8) is 0 Å². The number of halogens is 1. The molecule has 0 bridgehead atoms. The van der Waals surface area contributed by atoms with E-state index < -0.39 is 0 Å². The summed E-state index contributed by atoms with van der Waals surface area (Å²) in [6.45, 7) is 1.76. The third-order valence-corrected chi connectivity index (χ3v) is 3.76. The molecular formula is C15H11BrN2O2. The van der Waals surface area contributed by atoms with Gasteiger partial charge >= 0.3 is 0 Å². The second-order valence-corrected chi connectivity index (χ2v) is 5.19. The van der Waals surface area contributed by atoms with Gasteiger partial charge in [0.25, 0.3) is 5.91 Å². The fourth-order valence-corrected chi connectivity index (χ4v) is 2.50. The van der Waals surface area contributed by atoms with Gasteiger partial charge in [-0.3, -0.25) is 9.78 Å². The smallest absolute Gasteiger partial charge is 0.259 e. The number of anilines is 1. The van der Waals surface area contributed by atoms with Crippen LogP contribution >= 0.6 is 15.9 Å². The number of hydrogen-bond donors (Lipinski definition) is 1. The summed E-state index contributed by atoms with van der Waals surface area (Å²) in [5.41, 5.74) is 1.95. The topological polar surface area (TPSA) is 55.1 Å². The van der Waals surface area contributed by atoms with E-state index >= 15 is 0 Å². The number of furan rings is 1. The Morgan fingerprint density at radius 2 is 2.15 bits per heavy atom. The lowest BCUT2D eigenvalue weighted by Gasteiger charge is -2.08. The first-order valence-corrected chi connectivity index (χ1v) is 6.85. The molecule has 100 valence electrons. The highest BCUT2D eigenvalue weighted by Gasteiger charge is 2.13. The normalized spacial score (nSPS) is 10.7. The van der Waals surface area contributed by atoms with E-state index in [9.17, 15) is 4.79 Å². The fourth-order valence-electron chi connectivity index (χ4n) is 2.05. The summed E-state index contributed by atoms with van der Waals surface area (Å²) in [6.07, 6.45) is 3.20. The number of benzene rings is 1. The van der Waals surface area contributed by atoms with Gasteiger partial charge in [-0.2, -0.15) is 0 Å². The molecule has 1 amide bonds. The Kier molecular flexibility index (Phi) is 3.28. The van der Waals surface area contributed by atoms with Crippen molar-refractivity contribution in [1.29, 1.82) is 0 Å². The zero-order valence-electron chi connectivity index (χ0n) is 10.7. The fraction of sp³-hybridized carbons (Fsp3) is 0.0667. The van der Waals surface area contributed by atoms with Gasteiger partial charge < -0.3 is 9.73 Å². The van der Waals surface area contributed by atoms with Crippen LogP contribution in [0.25, 0.3) is 10.9 Å². The third kappa shape index (κ3) is 2.20. The Bertz CT molecular complexity index is 795. The van der Waals surface area contributed by atoms with Gasteiger partial charge in [0.15, 0.2) is 0 Å². The highest BCUT2D eigenvalue weighted by atomic mass is 79.9. The molecule has 3 aromatic rings. The zero-order valence-corrected chi connectivity index (χ0v) is 12.3. The van der Waals surface area contributed by atoms with Gasteiger partial charge in [0, 0.05) is 16.1 Å². The van der Waals surface area contributed by atoms with Gasteiger partial charge in [0.05, 0.1) is 23.0 Å². The van der Waals surface area contributed by atoms with E-state index in [0.717, 1.165) is 15.4 Å². The molecule has 0 saturated carbocycles. The van der Waals surface area contributed by atoms with Crippen LogP contribution in [0, 0.1) is 6.92 Å². The Labute approximate surface area is 123 Å². The predicted octanol–water partition coefficient (Wildman–Crippen LogP) is 4.15. The summed E-state index contributed by atoms with van der Waals surface area (Å²) in [7, 11) is 0. The number of nitrogens with zero attached hydrogens (tertiary/aromatic N) is 1. The lowest BCUT2D eigenvalue weighted by molar-refractivity contribution is 0.102. The minimum atomic E-state index is -0.203. The first kappa shape index (κ1) is 12.9. The summed E-state index contributed by atoms with van der Waals surface area (Å²) in [5, 5.41) is 3.83. The molecule has 0 aliphatic heterocycles. The molecule has 0 atom stereocenters. The molecule has 1 N–H and O–H groups in total. The molecule has 3 rings (SSSR count). The Morgan fingerprint density at radius 1 is 1.30 bits per heavy atom. The van der Waals surface area contributed by atoms with E-state index in [0.29, 0.717) is 17.0 Å². The van der Waals surface area contributed by atoms with Crippen molar-refractivity contribution in [2.75, 3.05) is 5.32 Å². The van der Waals surface area contributed by atoms with Crippen LogP contribution in [0.2, 0.25) is 0 Å². The molecule has 0 aliphatic carbocycles. The van der Waals surface area contributed by atoms with Crippen molar-refractivity contribution in [3.05, 3.63) is 58.6 Å². The number of fused-ring (bicyclic) bond motifs is 1. The quantitative estimate of drug-likeness (QED) is 0.767. The lowest BCUT2D eigenvalue weighted by Crippen LogP contribution is -2.12. The maximum Gasteiger partial charge on any atom is 0.259 e. The van der Waals surface area contributed by atoms with E-state index in [1.807, 2.05) is 24.3 Å². The number of carbonyl (C=O) groups excluding carboxylic acids is 1. The standard InChI is InChI=1S/C15H11BrN2O2/c1-9-10(6-8-20-9)15(19)18-13-5-4-12(16)11-3-2-7-17-14(11)13/h2-8H,1H3,(H,18,19). The highest BCUT2D eigenvalue weighted by Crippen LogP contribution is 2.28. The summed E-state index contributed by atoms with van der Waals surface area (Å²) in [6, 6.07) is 9.18. The second-order valence-electron chi connectivity index (χ2n) is 4.34. The molecule has 2 heterocycles. The van der Waals surface area contributed by atoms with Gasteiger partial charge in [-0.15, -0.1) is 0 Å². The predicted molar refractivity (Wildman–Crippen MR) is 80.8 cm³/mol. The van der Waals surface area contributed by atoms with E-state index in [2.05, 4.69) is 26.2 Å². The van der Waals surface area contributed by atoms with E-state index in [1.54, 1.807) is 19.2 Å². The average molecular weight is 331 g/mol. The highest BCUT2D eigenvalue weighted by molar-refractivity contribution is 9.10. The number of pyridine rings is 1. The van der Waals surface area contributed by atoms with Gasteiger partial charge in [0.2, 0.25) is 0 Å². The summed E-state index contributed by atoms with van der Waals surface area (Å²) < 4.78 is 6.09. The Balaban J connectivity index is 2.02. The monoisotopic (exact) mass is 330 g/mol. The van der Waals surface area contributed by atoms with E-state index in [4.69, 9.17) is 4.42 Å². The molecule has 0 aliphatic rings. The minimum absolute atomic E-state index is 0.203. The molecule has 4 nitrogen and oxygen atoms in total. The van der Waals surface area contributed by atoms with Crippen molar-refractivity contribution < 1.29 is 9.21 Å². The largest absolute Gasteiger partial charge is 0.469 e. The first-order chi connectivity index (χ1) is 9.66. The van der Waals surface area contributed by atoms with Crippen molar-refractivity contribution >= 4 is 38.4 Å². The summed E-state index contributed by atoms with van der Waals surface area (Å²) in [4.78, 5) is 16.5. The molecule has 0 unspecified atom stereocenters. The van der Waals surface area contributed by atoms with Crippen molar-refractivity contribution in [2.24, 2.45) is 0 Å². The first-order valence-electron chi connectivity index (χ1n) is 6.05. The number of rotatable bonds is 2. The Morgan fingerprint density at radius 3 is 2.90 bits per heavy atom. The number of aromatic nitrogens is 1. The van der Waals surface area contributed by atoms with E-state index in [1.165, 1.54) is 6.26 Å². The summed E-state index contributed by atoms with van der Waals surface area (Å²) >= 11 is 3.48. The van der Waals surface area contributed by atoms with Crippen LogP contribution in [0.5, 0.6) is 0 Å². The molecule has 0 spiro atoms. The maximum atomic E-state index is 12.2. The molecule has 2 aromatic heterocycles. The number of carbonyl (C=O) groups is 1. The van der Waals surface area contributed by atoms with Crippen molar-refractivity contribution in [1.82, 2.24) is 4.98 Å². The molecule has 0 fully saturated rings. The molecule has 0 radical (unpaired) electrons. The number of hydrogen-bond acceptors (Lipinski definition) is 3. The third-order valence-electron chi connectivity index (χ3n) is 3.07. The van der Waals surface area contributed by atoms with Crippen LogP contribution in [0.3, 0.4) is 0 Å². The maximum absolute atomic E-state index is 12.2. The summed E-state index contributed by atoms with van der Waals surface area (Å²) in [5.74, 6) is 0.391. The zero-order chi connectivity index (χ0) is 14.1. The number of nitrogens with one attached hydrogen (secondary N) is 1. The van der Waals surface area contributed by atoms with Crippen LogP contribution in [0.4, 0.5) is 5.69 Å². The van der Waals surface area contributed by atoms with Gasteiger partial charge in [-0.1, -0.05) is 22.0 Å². The van der Waals surface area contributed by atoms with Crippen LogP contribution in [-0.2, 0) is 0 Å². The Hall–Kier alpha value is -2.14. The molecule has 20 heavy (non-hydrogen) atoms. The van der Waals surface area contributed by atoms with Crippen LogP contribution in [-0.4, -0.2) is 10.9 Å². The second kappa shape index (κ2) is 5.09. The SMILES string of the molecule is Cc1occc1C(=O)Nc1ccc(Br)c2cccnc12. The molecular weight excluding hydrogens is 320 g/mol. The average Bonchev–Trinajstić information content (AvgIpc) is 2.88. The molecule has 5 heteroatoms. The van der Waals surface area contributed by atoms with E-state index in [-0.39, 0.29) is 5.91 Å². The number of aryl methyl sites for hydroxylation is 1. The van der Waals surface area contributed by atoms with Crippen molar-refractivity contribution in [2.45, 2.75) is 6.92 Å². The van der Waals surface area contributed by atoms with Gasteiger partial charge in [0.1, 0.15) is 5.76 Å². The number of amides is 1. The van der Waals surface area contributed by atoms with Crippen LogP contribution in [0.1, 0.15) is 16.1 Å².